The molecule has 0 saturated carbocycles. The second-order valence-corrected chi connectivity index (χ2v) is 4.18. The summed E-state index contributed by atoms with van der Waals surface area (Å²) in [7, 11) is 0. The number of aromatic nitrogens is 1. The van der Waals surface area contributed by atoms with Crippen LogP contribution in [0, 0.1) is 17.2 Å². The van der Waals surface area contributed by atoms with E-state index < -0.39 is 12.0 Å². The Hall–Kier alpha value is -2.09. The molecule has 1 aromatic rings. The van der Waals surface area contributed by atoms with Gasteiger partial charge in [-0.2, -0.15) is 5.26 Å². The Bertz CT molecular complexity index is 438. The number of hydrogen-bond donors (Lipinski definition) is 2. The first kappa shape index (κ1) is 13.0. The molecular weight excluding hydrogens is 218 g/mol. The molecule has 0 bridgehead atoms. The first-order valence-electron chi connectivity index (χ1n) is 5.39. The van der Waals surface area contributed by atoms with E-state index in [0.717, 1.165) is 0 Å². The van der Waals surface area contributed by atoms with Crippen LogP contribution in [-0.2, 0) is 4.79 Å². The van der Waals surface area contributed by atoms with Gasteiger partial charge in [0.15, 0.2) is 0 Å². The van der Waals surface area contributed by atoms with Gasteiger partial charge in [0.1, 0.15) is 17.9 Å². The van der Waals surface area contributed by atoms with Gasteiger partial charge in [-0.3, -0.25) is 0 Å². The van der Waals surface area contributed by atoms with Crippen LogP contribution in [0.5, 0.6) is 0 Å². The second-order valence-electron chi connectivity index (χ2n) is 4.18. The van der Waals surface area contributed by atoms with Gasteiger partial charge in [-0.15, -0.1) is 0 Å². The van der Waals surface area contributed by atoms with E-state index in [4.69, 9.17) is 10.4 Å². The molecule has 0 aliphatic carbocycles. The normalized spacial score (nSPS) is 11.9. The van der Waals surface area contributed by atoms with E-state index in [2.05, 4.69) is 10.3 Å². The van der Waals surface area contributed by atoms with Crippen LogP contribution in [0.15, 0.2) is 18.3 Å². The predicted octanol–water partition coefficient (Wildman–Crippen LogP) is 1.86. The molecular formula is C12H15N3O2. The summed E-state index contributed by atoms with van der Waals surface area (Å²) in [6.45, 7) is 3.89. The monoisotopic (exact) mass is 233 g/mol. The predicted molar refractivity (Wildman–Crippen MR) is 63.5 cm³/mol. The molecule has 17 heavy (non-hydrogen) atoms. The van der Waals surface area contributed by atoms with E-state index >= 15 is 0 Å². The van der Waals surface area contributed by atoms with E-state index in [9.17, 15) is 4.79 Å². The molecule has 5 nitrogen and oxygen atoms in total. The van der Waals surface area contributed by atoms with Crippen LogP contribution in [0.25, 0.3) is 0 Å². The van der Waals surface area contributed by atoms with Crippen LogP contribution in [0.3, 0.4) is 0 Å². The van der Waals surface area contributed by atoms with Gasteiger partial charge in [-0.25, -0.2) is 9.78 Å². The summed E-state index contributed by atoms with van der Waals surface area (Å²) in [5.41, 5.74) is 0.350. The maximum atomic E-state index is 11.1. The second kappa shape index (κ2) is 5.85. The summed E-state index contributed by atoms with van der Waals surface area (Å²) in [4.78, 5) is 15.0. The lowest BCUT2D eigenvalue weighted by molar-refractivity contribution is -0.138. The summed E-state index contributed by atoms with van der Waals surface area (Å²) < 4.78 is 0. The lowest BCUT2D eigenvalue weighted by atomic mass is 10.0. The molecule has 0 spiro atoms. The van der Waals surface area contributed by atoms with Crippen molar-refractivity contribution >= 4 is 11.8 Å². The van der Waals surface area contributed by atoms with Gasteiger partial charge in [0.25, 0.3) is 0 Å². The highest BCUT2D eigenvalue weighted by atomic mass is 16.4. The quantitative estimate of drug-likeness (QED) is 0.810. The number of aliphatic carboxylic acids is 1. The zero-order valence-electron chi connectivity index (χ0n) is 9.84. The zero-order valence-corrected chi connectivity index (χ0v) is 9.84. The molecule has 2 N–H and O–H groups in total. The van der Waals surface area contributed by atoms with Gasteiger partial charge in [0.2, 0.25) is 0 Å². The summed E-state index contributed by atoms with van der Waals surface area (Å²) in [6.07, 6.45) is 2.01. The highest BCUT2D eigenvalue weighted by Crippen LogP contribution is 2.14. The van der Waals surface area contributed by atoms with Crippen molar-refractivity contribution in [3.63, 3.8) is 0 Å². The fourth-order valence-electron chi connectivity index (χ4n) is 1.47. The van der Waals surface area contributed by atoms with Crippen LogP contribution in [0.1, 0.15) is 25.8 Å². The maximum absolute atomic E-state index is 11.1. The molecule has 0 radical (unpaired) electrons. The molecule has 5 heteroatoms. The number of carboxylic acids is 1. The Morgan fingerprint density at radius 1 is 1.65 bits per heavy atom. The lowest BCUT2D eigenvalue weighted by Gasteiger charge is -2.17. The maximum Gasteiger partial charge on any atom is 0.326 e. The van der Waals surface area contributed by atoms with E-state index in [1.54, 1.807) is 12.1 Å². The van der Waals surface area contributed by atoms with Crippen LogP contribution in [-0.4, -0.2) is 22.1 Å². The van der Waals surface area contributed by atoms with E-state index in [0.29, 0.717) is 17.8 Å². The minimum atomic E-state index is -0.937. The van der Waals surface area contributed by atoms with Crippen molar-refractivity contribution in [2.45, 2.75) is 26.3 Å². The molecule has 0 amide bonds. The van der Waals surface area contributed by atoms with Crippen molar-refractivity contribution < 1.29 is 9.90 Å². The van der Waals surface area contributed by atoms with Gasteiger partial charge < -0.3 is 10.4 Å². The molecule has 0 unspecified atom stereocenters. The summed E-state index contributed by atoms with van der Waals surface area (Å²) in [5, 5.41) is 20.7. The molecule has 0 fully saturated rings. The molecule has 1 rings (SSSR count). The van der Waals surface area contributed by atoms with Crippen molar-refractivity contribution in [2.75, 3.05) is 5.32 Å². The van der Waals surface area contributed by atoms with Crippen molar-refractivity contribution in [1.29, 1.82) is 5.26 Å². The first-order chi connectivity index (χ1) is 8.04. The average Bonchev–Trinajstić information content (AvgIpc) is 2.28. The number of anilines is 1. The van der Waals surface area contributed by atoms with Crippen molar-refractivity contribution in [2.24, 2.45) is 5.92 Å². The Balaban J connectivity index is 2.86. The fourth-order valence-corrected chi connectivity index (χ4v) is 1.47. The zero-order chi connectivity index (χ0) is 12.8. The van der Waals surface area contributed by atoms with Crippen molar-refractivity contribution in [3.8, 4) is 6.07 Å². The average molecular weight is 233 g/mol. The van der Waals surface area contributed by atoms with Gasteiger partial charge in [-0.05, 0) is 24.5 Å². The third kappa shape index (κ3) is 3.76. The van der Waals surface area contributed by atoms with Crippen LogP contribution in [0.4, 0.5) is 5.82 Å². The van der Waals surface area contributed by atoms with Crippen molar-refractivity contribution in [3.05, 3.63) is 23.9 Å². The van der Waals surface area contributed by atoms with Crippen LogP contribution < -0.4 is 5.32 Å². The minimum Gasteiger partial charge on any atom is -0.480 e. The topological polar surface area (TPSA) is 86.0 Å². The van der Waals surface area contributed by atoms with Gasteiger partial charge in [0.05, 0.1) is 5.56 Å². The van der Waals surface area contributed by atoms with Gasteiger partial charge >= 0.3 is 5.97 Å². The lowest BCUT2D eigenvalue weighted by Crippen LogP contribution is -2.31. The third-order valence-electron chi connectivity index (χ3n) is 2.24. The molecule has 1 aromatic heterocycles. The first-order valence-corrected chi connectivity index (χ1v) is 5.39. The molecule has 1 heterocycles. The fraction of sp³-hybridized carbons (Fsp3) is 0.417. The molecule has 0 saturated heterocycles. The number of rotatable bonds is 5. The third-order valence-corrected chi connectivity index (χ3v) is 2.24. The molecule has 90 valence electrons. The Morgan fingerprint density at radius 2 is 2.35 bits per heavy atom. The standard InChI is InChI=1S/C12H15N3O2/c1-8(2)6-10(12(16)17)15-11-9(7-13)4-3-5-14-11/h3-5,8,10H,6H2,1-2H3,(H,14,15)(H,16,17)/t10-/m0/s1. The van der Waals surface area contributed by atoms with Crippen LogP contribution >= 0.6 is 0 Å². The number of nitriles is 1. The SMILES string of the molecule is CC(C)C[C@H](Nc1ncccc1C#N)C(=O)O. The number of hydrogen-bond acceptors (Lipinski definition) is 4. The number of pyridine rings is 1. The molecule has 1 atom stereocenters. The molecule has 0 aliphatic heterocycles. The van der Waals surface area contributed by atoms with Gasteiger partial charge in [0, 0.05) is 6.20 Å². The Labute approximate surface area is 100 Å². The van der Waals surface area contributed by atoms with Gasteiger partial charge in [-0.1, -0.05) is 13.8 Å². The van der Waals surface area contributed by atoms with Crippen LogP contribution in [0.2, 0.25) is 0 Å². The number of nitrogens with one attached hydrogen (secondary N) is 1. The highest BCUT2D eigenvalue weighted by Gasteiger charge is 2.20. The summed E-state index contributed by atoms with van der Waals surface area (Å²) in [6, 6.07) is 4.49. The number of carbonyl (C=O) groups is 1. The number of carboxylic acid groups (broad SMARTS) is 1. The van der Waals surface area contributed by atoms with E-state index in [-0.39, 0.29) is 5.92 Å². The largest absolute Gasteiger partial charge is 0.480 e. The smallest absolute Gasteiger partial charge is 0.326 e. The number of nitrogens with zero attached hydrogens (tertiary/aromatic N) is 2. The summed E-state index contributed by atoms with van der Waals surface area (Å²) in [5.74, 6) is -0.367. The molecule has 0 aliphatic rings. The van der Waals surface area contributed by atoms with Crippen molar-refractivity contribution in [1.82, 2.24) is 4.98 Å². The van der Waals surface area contributed by atoms with E-state index in [1.807, 2.05) is 19.9 Å². The summed E-state index contributed by atoms with van der Waals surface area (Å²) >= 11 is 0. The minimum absolute atomic E-state index is 0.248. The Kier molecular flexibility index (Phi) is 4.46. The Morgan fingerprint density at radius 3 is 2.88 bits per heavy atom. The highest BCUT2D eigenvalue weighted by molar-refractivity contribution is 5.77. The molecule has 0 aromatic carbocycles. The van der Waals surface area contributed by atoms with E-state index in [1.165, 1.54) is 6.20 Å².